The molecule has 31 heavy (non-hydrogen) atoms. The van der Waals surface area contributed by atoms with Gasteiger partial charge in [-0.05, 0) is 42.3 Å². The zero-order valence-electron chi connectivity index (χ0n) is 16.1. The molecule has 2 aliphatic heterocycles. The first-order valence-electron chi connectivity index (χ1n) is 9.47. The van der Waals surface area contributed by atoms with Crippen LogP contribution in [0, 0.1) is 5.82 Å². The van der Waals surface area contributed by atoms with Crippen LogP contribution in [-0.2, 0) is 22.7 Å². The van der Waals surface area contributed by atoms with Crippen LogP contribution in [-0.4, -0.2) is 39.7 Å². The number of hydrogen-bond acceptors (Lipinski definition) is 5. The SMILES string of the molecule is O=C1CCC(N2Cc3cc(CNC(=O)c4ccc(Cl)c(O)c4)c(F)cc3C2=O)C(=O)N1. The number of amides is 4. The fourth-order valence-corrected chi connectivity index (χ4v) is 3.82. The number of benzene rings is 2. The monoisotopic (exact) mass is 445 g/mol. The Morgan fingerprint density at radius 2 is 2.03 bits per heavy atom. The van der Waals surface area contributed by atoms with Gasteiger partial charge in [0.15, 0.2) is 0 Å². The van der Waals surface area contributed by atoms with Crippen LogP contribution in [0.4, 0.5) is 4.39 Å². The topological polar surface area (TPSA) is 116 Å². The molecule has 1 fully saturated rings. The Labute approximate surface area is 181 Å². The van der Waals surface area contributed by atoms with Crippen LogP contribution in [0.25, 0.3) is 0 Å². The Morgan fingerprint density at radius 3 is 2.74 bits per heavy atom. The van der Waals surface area contributed by atoms with Crippen LogP contribution in [0.2, 0.25) is 5.02 Å². The third-order valence-electron chi connectivity index (χ3n) is 5.34. The van der Waals surface area contributed by atoms with Gasteiger partial charge in [0.05, 0.1) is 5.02 Å². The van der Waals surface area contributed by atoms with Crippen LogP contribution in [0.3, 0.4) is 0 Å². The Kier molecular flexibility index (Phi) is 5.36. The summed E-state index contributed by atoms with van der Waals surface area (Å²) in [7, 11) is 0. The molecule has 0 saturated carbocycles. The Balaban J connectivity index is 1.49. The number of nitrogens with one attached hydrogen (secondary N) is 2. The van der Waals surface area contributed by atoms with Crippen molar-refractivity contribution in [2.24, 2.45) is 0 Å². The molecule has 3 N–H and O–H groups in total. The maximum Gasteiger partial charge on any atom is 0.255 e. The number of phenols is 1. The molecule has 2 aromatic rings. The highest BCUT2D eigenvalue weighted by Gasteiger charge is 2.39. The molecule has 1 unspecified atom stereocenters. The van der Waals surface area contributed by atoms with Crippen LogP contribution in [0.5, 0.6) is 5.75 Å². The molecule has 1 saturated heterocycles. The summed E-state index contributed by atoms with van der Waals surface area (Å²) >= 11 is 5.72. The van der Waals surface area contributed by atoms with Gasteiger partial charge in [0.1, 0.15) is 17.6 Å². The minimum Gasteiger partial charge on any atom is -0.506 e. The van der Waals surface area contributed by atoms with Gasteiger partial charge in [0.25, 0.3) is 11.8 Å². The summed E-state index contributed by atoms with van der Waals surface area (Å²) in [5.41, 5.74) is 1.01. The van der Waals surface area contributed by atoms with E-state index in [0.717, 1.165) is 6.07 Å². The number of phenolic OH excluding ortho intramolecular Hbond substituents is 1. The molecule has 2 aromatic carbocycles. The third-order valence-corrected chi connectivity index (χ3v) is 5.66. The molecule has 160 valence electrons. The average Bonchev–Trinajstić information content (AvgIpc) is 3.03. The second kappa shape index (κ2) is 7.99. The zero-order valence-corrected chi connectivity index (χ0v) is 16.8. The average molecular weight is 446 g/mol. The number of fused-ring (bicyclic) bond motifs is 1. The van der Waals surface area contributed by atoms with Gasteiger partial charge in [0, 0.05) is 36.2 Å². The number of nitrogens with zero attached hydrogens (tertiary/aromatic N) is 1. The molecule has 0 aliphatic carbocycles. The highest BCUT2D eigenvalue weighted by Crippen LogP contribution is 2.29. The number of hydrogen-bond donors (Lipinski definition) is 3. The molecule has 2 aliphatic rings. The van der Waals surface area contributed by atoms with Crippen molar-refractivity contribution in [3.05, 3.63) is 63.4 Å². The van der Waals surface area contributed by atoms with E-state index in [1.165, 1.54) is 29.2 Å². The van der Waals surface area contributed by atoms with Crippen molar-refractivity contribution in [3.8, 4) is 5.75 Å². The molecule has 0 bridgehead atoms. The van der Waals surface area contributed by atoms with E-state index in [2.05, 4.69) is 10.6 Å². The van der Waals surface area contributed by atoms with E-state index < -0.39 is 29.6 Å². The number of rotatable bonds is 4. The lowest BCUT2D eigenvalue weighted by Gasteiger charge is -2.29. The fourth-order valence-electron chi connectivity index (χ4n) is 3.71. The number of aromatic hydroxyl groups is 1. The second-order valence-corrected chi connectivity index (χ2v) is 7.76. The molecule has 8 nitrogen and oxygen atoms in total. The number of halogens is 2. The molecule has 0 radical (unpaired) electrons. The van der Waals surface area contributed by atoms with Gasteiger partial charge in [-0.1, -0.05) is 11.6 Å². The predicted molar refractivity (Wildman–Crippen MR) is 107 cm³/mol. The first-order valence-corrected chi connectivity index (χ1v) is 9.85. The van der Waals surface area contributed by atoms with Gasteiger partial charge in [-0.3, -0.25) is 24.5 Å². The van der Waals surface area contributed by atoms with Crippen molar-refractivity contribution in [1.82, 2.24) is 15.5 Å². The first kappa shape index (κ1) is 20.8. The molecule has 1 atom stereocenters. The van der Waals surface area contributed by atoms with Crippen molar-refractivity contribution in [2.45, 2.75) is 32.0 Å². The van der Waals surface area contributed by atoms with Gasteiger partial charge < -0.3 is 15.3 Å². The largest absolute Gasteiger partial charge is 0.506 e. The summed E-state index contributed by atoms with van der Waals surface area (Å²) in [6.45, 7) is -0.0410. The van der Waals surface area contributed by atoms with Gasteiger partial charge in [-0.15, -0.1) is 0 Å². The molecule has 4 amide bonds. The highest BCUT2D eigenvalue weighted by atomic mass is 35.5. The first-order chi connectivity index (χ1) is 14.7. The van der Waals surface area contributed by atoms with Crippen LogP contribution in [0.15, 0.2) is 30.3 Å². The lowest BCUT2D eigenvalue weighted by molar-refractivity contribution is -0.136. The van der Waals surface area contributed by atoms with Gasteiger partial charge >= 0.3 is 0 Å². The molecule has 0 aromatic heterocycles. The van der Waals surface area contributed by atoms with Crippen molar-refractivity contribution in [2.75, 3.05) is 0 Å². The number of carbonyl (C=O) groups is 4. The quantitative estimate of drug-likeness (QED) is 0.621. The van der Waals surface area contributed by atoms with E-state index in [1.807, 2.05) is 0 Å². The summed E-state index contributed by atoms with van der Waals surface area (Å²) in [5, 5.41) is 14.5. The number of piperidine rings is 1. The highest BCUT2D eigenvalue weighted by molar-refractivity contribution is 6.32. The molecule has 10 heteroatoms. The van der Waals surface area contributed by atoms with Crippen LogP contribution in [0.1, 0.15) is 44.7 Å². The predicted octanol–water partition coefficient (Wildman–Crippen LogP) is 1.88. The van der Waals surface area contributed by atoms with E-state index in [0.29, 0.717) is 5.56 Å². The molecular weight excluding hydrogens is 429 g/mol. The summed E-state index contributed by atoms with van der Waals surface area (Å²) in [5.74, 6) is -2.86. The number of imide groups is 1. The summed E-state index contributed by atoms with van der Waals surface area (Å²) < 4.78 is 14.6. The van der Waals surface area contributed by atoms with E-state index in [-0.39, 0.29) is 59.3 Å². The Hall–Kier alpha value is -3.46. The second-order valence-electron chi connectivity index (χ2n) is 7.35. The molecular formula is C21H17ClFN3O5. The van der Waals surface area contributed by atoms with E-state index in [9.17, 15) is 28.7 Å². The van der Waals surface area contributed by atoms with Gasteiger partial charge in [0.2, 0.25) is 11.8 Å². The van der Waals surface area contributed by atoms with Crippen LogP contribution < -0.4 is 10.6 Å². The summed E-state index contributed by atoms with van der Waals surface area (Å²) in [6, 6.07) is 5.78. The lowest BCUT2D eigenvalue weighted by atomic mass is 10.0. The number of carbonyl (C=O) groups excluding carboxylic acids is 4. The molecule has 4 rings (SSSR count). The smallest absolute Gasteiger partial charge is 0.255 e. The van der Waals surface area contributed by atoms with E-state index in [1.54, 1.807) is 0 Å². The van der Waals surface area contributed by atoms with E-state index in [4.69, 9.17) is 11.6 Å². The third kappa shape index (κ3) is 3.96. The van der Waals surface area contributed by atoms with Crippen molar-refractivity contribution >= 4 is 35.2 Å². The molecule has 0 spiro atoms. The van der Waals surface area contributed by atoms with E-state index >= 15 is 0 Å². The lowest BCUT2D eigenvalue weighted by Crippen LogP contribution is -2.52. The molecule has 2 heterocycles. The summed E-state index contributed by atoms with van der Waals surface area (Å²) in [6.07, 6.45) is 0.339. The zero-order chi connectivity index (χ0) is 22.3. The maximum atomic E-state index is 14.6. The summed E-state index contributed by atoms with van der Waals surface area (Å²) in [4.78, 5) is 49.7. The standard InChI is InChI=1S/C21H17ClFN3O5/c22-14-2-1-10(6-17(14)27)19(29)24-8-11-5-12-9-26(21(31)13(12)7-15(11)23)16-3-4-18(28)25-20(16)30/h1-2,5-7,16,27H,3-4,8-9H2,(H,24,29)(H,25,28,30). The fraction of sp³-hybridized carbons (Fsp3) is 0.238. The van der Waals surface area contributed by atoms with Crippen molar-refractivity contribution in [3.63, 3.8) is 0 Å². The minimum atomic E-state index is -0.790. The normalized spacial score (nSPS) is 18.1. The van der Waals surface area contributed by atoms with Crippen LogP contribution >= 0.6 is 11.6 Å². The Bertz CT molecular complexity index is 1140. The maximum absolute atomic E-state index is 14.6. The van der Waals surface area contributed by atoms with Gasteiger partial charge in [-0.2, -0.15) is 0 Å². The van der Waals surface area contributed by atoms with Crippen molar-refractivity contribution < 1.29 is 28.7 Å². The van der Waals surface area contributed by atoms with Crippen molar-refractivity contribution in [1.29, 1.82) is 0 Å². The Morgan fingerprint density at radius 1 is 1.26 bits per heavy atom. The minimum absolute atomic E-state index is 0.103. The van der Waals surface area contributed by atoms with Gasteiger partial charge in [-0.25, -0.2) is 4.39 Å².